The van der Waals surface area contributed by atoms with E-state index in [0.717, 1.165) is 17.7 Å². The predicted molar refractivity (Wildman–Crippen MR) is 140 cm³/mol. The number of methoxy groups -OCH3 is 2. The topological polar surface area (TPSA) is 117 Å². The van der Waals surface area contributed by atoms with E-state index in [9.17, 15) is 18.4 Å². The van der Waals surface area contributed by atoms with E-state index in [2.05, 4.69) is 20.3 Å². The molecule has 0 aliphatic heterocycles. The molecule has 0 fully saturated rings. The van der Waals surface area contributed by atoms with Gasteiger partial charge in [-0.15, -0.1) is 0 Å². The number of fused-ring (bicyclic) bond motifs is 1. The summed E-state index contributed by atoms with van der Waals surface area (Å²) in [5.74, 6) is -4.65. The van der Waals surface area contributed by atoms with Crippen molar-refractivity contribution >= 4 is 28.3 Å². The number of nitrogens with zero attached hydrogens (tertiary/aromatic N) is 4. The van der Waals surface area contributed by atoms with Gasteiger partial charge in [-0.05, 0) is 23.8 Å². The molecule has 0 aliphatic carbocycles. The van der Waals surface area contributed by atoms with Crippen LogP contribution in [0.2, 0.25) is 0 Å². The average Bonchev–Trinajstić information content (AvgIpc) is 3.45. The monoisotopic (exact) mass is 545 g/mol. The van der Waals surface area contributed by atoms with Gasteiger partial charge < -0.3 is 24.1 Å². The van der Waals surface area contributed by atoms with E-state index in [1.165, 1.54) is 20.5 Å². The van der Waals surface area contributed by atoms with Crippen molar-refractivity contribution in [3.05, 3.63) is 96.3 Å². The number of hydrogen-bond donors (Lipinski definition) is 1. The van der Waals surface area contributed by atoms with Gasteiger partial charge in [-0.2, -0.15) is 0 Å². The molecule has 0 spiro atoms. The Bertz CT molecular complexity index is 1700. The first kappa shape index (κ1) is 26.2. The summed E-state index contributed by atoms with van der Waals surface area (Å²) < 4.78 is 47.9. The third-order valence-corrected chi connectivity index (χ3v) is 5.88. The third kappa shape index (κ3) is 5.41. The van der Waals surface area contributed by atoms with Gasteiger partial charge in [0.25, 0.3) is 11.7 Å². The van der Waals surface area contributed by atoms with Crippen LogP contribution in [0.3, 0.4) is 0 Å². The maximum atomic E-state index is 15.0. The van der Waals surface area contributed by atoms with Gasteiger partial charge in [0, 0.05) is 42.8 Å². The summed E-state index contributed by atoms with van der Waals surface area (Å²) in [5, 5.41) is 2.78. The van der Waals surface area contributed by atoms with E-state index < -0.39 is 28.9 Å². The lowest BCUT2D eigenvalue weighted by Gasteiger charge is -2.12. The zero-order chi connectivity index (χ0) is 28.2. The standard InChI is InChI=1S/C28H21F2N5O5/c1-38-23-11-19-22(12-24(23)39-2)32-14-33-28(19)40-18-9-20(29)25(21(30)10-18)26(36)27(37)34-17-5-3-4-16(8-17)13-35-7-6-31-15-35/h3-12,14-15H,13H2,1-2H3,(H,34,37). The van der Waals surface area contributed by atoms with Crippen LogP contribution in [0.4, 0.5) is 14.5 Å². The maximum absolute atomic E-state index is 15.0. The Morgan fingerprint density at radius 1 is 0.975 bits per heavy atom. The summed E-state index contributed by atoms with van der Waals surface area (Å²) in [6.45, 7) is 0.477. The number of anilines is 1. The van der Waals surface area contributed by atoms with E-state index in [-0.39, 0.29) is 11.6 Å². The summed E-state index contributed by atoms with van der Waals surface area (Å²) in [7, 11) is 2.92. The van der Waals surface area contributed by atoms with Crippen LogP contribution in [-0.2, 0) is 11.3 Å². The van der Waals surface area contributed by atoms with Gasteiger partial charge in [-0.1, -0.05) is 12.1 Å². The Morgan fingerprint density at radius 3 is 2.42 bits per heavy atom. The van der Waals surface area contributed by atoms with Gasteiger partial charge in [0.15, 0.2) is 11.5 Å². The van der Waals surface area contributed by atoms with Crippen molar-refractivity contribution in [3.8, 4) is 23.1 Å². The third-order valence-electron chi connectivity index (χ3n) is 5.88. The molecule has 0 radical (unpaired) electrons. The smallest absolute Gasteiger partial charge is 0.296 e. The van der Waals surface area contributed by atoms with Crippen LogP contribution >= 0.6 is 0 Å². The van der Waals surface area contributed by atoms with Gasteiger partial charge in [-0.3, -0.25) is 9.59 Å². The molecule has 5 rings (SSSR count). The molecule has 5 aromatic rings. The first-order chi connectivity index (χ1) is 19.4. The fourth-order valence-electron chi connectivity index (χ4n) is 4.02. The van der Waals surface area contributed by atoms with Crippen LogP contribution < -0.4 is 19.5 Å². The molecule has 0 atom stereocenters. The van der Waals surface area contributed by atoms with Crippen molar-refractivity contribution in [2.24, 2.45) is 0 Å². The number of halogens is 2. The van der Waals surface area contributed by atoms with Crippen LogP contribution in [0.5, 0.6) is 23.1 Å². The van der Waals surface area contributed by atoms with E-state index >= 15 is 0 Å². The van der Waals surface area contributed by atoms with Gasteiger partial charge in [0.05, 0.1) is 37.0 Å². The normalized spacial score (nSPS) is 10.8. The molecule has 2 aromatic heterocycles. The number of amides is 1. The minimum atomic E-state index is -1.38. The fraction of sp³-hybridized carbons (Fsp3) is 0.107. The lowest BCUT2D eigenvalue weighted by atomic mass is 10.1. The van der Waals surface area contributed by atoms with Gasteiger partial charge >= 0.3 is 0 Å². The summed E-state index contributed by atoms with van der Waals surface area (Å²) in [6.07, 6.45) is 6.25. The second kappa shape index (κ2) is 11.2. The van der Waals surface area contributed by atoms with E-state index in [1.807, 2.05) is 10.6 Å². The second-order valence-corrected chi connectivity index (χ2v) is 8.49. The molecule has 10 nitrogen and oxygen atoms in total. The van der Waals surface area contributed by atoms with E-state index in [4.69, 9.17) is 14.2 Å². The van der Waals surface area contributed by atoms with E-state index in [0.29, 0.717) is 34.6 Å². The minimum Gasteiger partial charge on any atom is -0.493 e. The van der Waals surface area contributed by atoms with Crippen LogP contribution in [0.1, 0.15) is 15.9 Å². The molecule has 2 heterocycles. The SMILES string of the molecule is COc1cc2ncnc(Oc3cc(F)c(C(=O)C(=O)Nc4cccc(Cn5ccnc5)c4)c(F)c3)c2cc1OC. The molecular weight excluding hydrogens is 524 g/mol. The highest BCUT2D eigenvalue weighted by Crippen LogP contribution is 2.36. The maximum Gasteiger partial charge on any atom is 0.296 e. The van der Waals surface area contributed by atoms with Crippen molar-refractivity contribution in [1.29, 1.82) is 0 Å². The van der Waals surface area contributed by atoms with Crippen molar-refractivity contribution in [1.82, 2.24) is 19.5 Å². The van der Waals surface area contributed by atoms with Gasteiger partial charge in [0.1, 0.15) is 23.7 Å². The lowest BCUT2D eigenvalue weighted by Crippen LogP contribution is -2.25. The lowest BCUT2D eigenvalue weighted by molar-refractivity contribution is -0.112. The first-order valence-electron chi connectivity index (χ1n) is 11.8. The molecule has 40 heavy (non-hydrogen) atoms. The second-order valence-electron chi connectivity index (χ2n) is 8.49. The molecule has 12 heteroatoms. The fourth-order valence-corrected chi connectivity index (χ4v) is 4.02. The zero-order valence-electron chi connectivity index (χ0n) is 21.2. The Morgan fingerprint density at radius 2 is 1.73 bits per heavy atom. The summed E-state index contributed by atoms with van der Waals surface area (Å²) in [5.41, 5.74) is 0.523. The molecule has 1 N–H and O–H groups in total. The molecule has 0 bridgehead atoms. The quantitative estimate of drug-likeness (QED) is 0.208. The summed E-state index contributed by atoms with van der Waals surface area (Å²) in [4.78, 5) is 37.5. The van der Waals surface area contributed by atoms with Crippen molar-refractivity contribution < 1.29 is 32.6 Å². The molecule has 0 unspecified atom stereocenters. The minimum absolute atomic E-state index is 0.0165. The summed E-state index contributed by atoms with van der Waals surface area (Å²) in [6, 6.07) is 11.5. The number of rotatable bonds is 9. The predicted octanol–water partition coefficient (Wildman–Crippen LogP) is 4.78. The number of carbonyl (C=O) groups excluding carboxylic acids is 2. The highest BCUT2D eigenvalue weighted by atomic mass is 19.1. The molecule has 0 saturated carbocycles. The van der Waals surface area contributed by atoms with Crippen LogP contribution in [0.25, 0.3) is 10.9 Å². The van der Waals surface area contributed by atoms with Gasteiger partial charge in [-0.25, -0.2) is 23.7 Å². The molecule has 0 saturated heterocycles. The number of ketones is 1. The molecule has 1 amide bonds. The number of hydrogen-bond acceptors (Lipinski definition) is 8. The molecule has 0 aliphatic rings. The number of carbonyl (C=O) groups is 2. The highest BCUT2D eigenvalue weighted by Gasteiger charge is 2.26. The zero-order valence-corrected chi connectivity index (χ0v) is 21.2. The van der Waals surface area contributed by atoms with E-state index in [1.54, 1.807) is 49.1 Å². The molecule has 3 aromatic carbocycles. The van der Waals surface area contributed by atoms with Crippen LogP contribution in [-0.4, -0.2) is 45.4 Å². The Balaban J connectivity index is 1.35. The van der Waals surface area contributed by atoms with Crippen LogP contribution in [0, 0.1) is 11.6 Å². The number of imidazole rings is 1. The average molecular weight is 546 g/mol. The highest BCUT2D eigenvalue weighted by molar-refractivity contribution is 6.46. The van der Waals surface area contributed by atoms with Crippen LogP contribution in [0.15, 0.2) is 73.6 Å². The molecule has 202 valence electrons. The Kier molecular flexibility index (Phi) is 7.31. The Labute approximate surface area is 226 Å². The van der Waals surface area contributed by atoms with Crippen molar-refractivity contribution in [3.63, 3.8) is 0 Å². The largest absolute Gasteiger partial charge is 0.493 e. The van der Waals surface area contributed by atoms with Crippen molar-refractivity contribution in [2.45, 2.75) is 6.54 Å². The summed E-state index contributed by atoms with van der Waals surface area (Å²) >= 11 is 0. The Hall–Kier alpha value is -5.39. The number of benzene rings is 3. The molecular formula is C28H21F2N5O5. The first-order valence-corrected chi connectivity index (χ1v) is 11.8. The van der Waals surface area contributed by atoms with Gasteiger partial charge in [0.2, 0.25) is 5.88 Å². The number of nitrogens with one attached hydrogen (secondary N) is 1. The number of aromatic nitrogens is 4. The number of ether oxygens (including phenoxy) is 3. The number of Topliss-reactive ketones (excluding diaryl/α,β-unsaturated/α-hetero) is 1. The van der Waals surface area contributed by atoms with Crippen molar-refractivity contribution in [2.75, 3.05) is 19.5 Å².